The Balaban J connectivity index is 1.77. The Morgan fingerprint density at radius 3 is 2.94 bits per heavy atom. The highest BCUT2D eigenvalue weighted by atomic mass is 15.4. The Morgan fingerprint density at radius 2 is 2.17 bits per heavy atom. The van der Waals surface area contributed by atoms with Crippen LogP contribution in [-0.2, 0) is 7.05 Å². The molecule has 0 amide bonds. The van der Waals surface area contributed by atoms with E-state index in [0.717, 1.165) is 16.7 Å². The van der Waals surface area contributed by atoms with E-state index in [4.69, 9.17) is 0 Å². The van der Waals surface area contributed by atoms with Crippen molar-refractivity contribution in [1.82, 2.24) is 14.5 Å². The van der Waals surface area contributed by atoms with Crippen LogP contribution < -0.4 is 5.43 Å². The second-order valence-electron chi connectivity index (χ2n) is 4.02. The van der Waals surface area contributed by atoms with Gasteiger partial charge in [-0.25, -0.2) is 10.4 Å². The minimum atomic E-state index is 0.640. The van der Waals surface area contributed by atoms with Crippen molar-refractivity contribution in [3.8, 4) is 0 Å². The number of H-pyrrole nitrogens is 1. The number of nitrogens with one attached hydrogen (secondary N) is 2. The molecule has 0 atom stereocenters. The first-order chi connectivity index (χ1) is 8.83. The Labute approximate surface area is 104 Å². The molecule has 0 saturated carbocycles. The summed E-state index contributed by atoms with van der Waals surface area (Å²) in [6, 6.07) is 11.8. The summed E-state index contributed by atoms with van der Waals surface area (Å²) in [5, 5.41) is 4.15. The lowest BCUT2D eigenvalue weighted by atomic mass is 10.3. The third-order valence-electron chi connectivity index (χ3n) is 2.74. The highest BCUT2D eigenvalue weighted by Gasteiger charge is 1.99. The Morgan fingerprint density at radius 1 is 1.28 bits per heavy atom. The number of hydrazone groups is 1. The molecule has 0 aliphatic carbocycles. The SMILES string of the molecule is Cn1cccc1/C=N/Nc1nc2ccccc2[nH]1. The average molecular weight is 239 g/mol. The molecule has 0 aliphatic rings. The van der Waals surface area contributed by atoms with E-state index < -0.39 is 0 Å². The van der Waals surface area contributed by atoms with Gasteiger partial charge >= 0.3 is 0 Å². The quantitative estimate of drug-likeness (QED) is 0.544. The molecule has 90 valence electrons. The van der Waals surface area contributed by atoms with Gasteiger partial charge in [0.2, 0.25) is 5.95 Å². The van der Waals surface area contributed by atoms with Crippen LogP contribution >= 0.6 is 0 Å². The van der Waals surface area contributed by atoms with Gasteiger partial charge in [-0.3, -0.25) is 0 Å². The van der Waals surface area contributed by atoms with Crippen molar-refractivity contribution < 1.29 is 0 Å². The summed E-state index contributed by atoms with van der Waals surface area (Å²) in [6.45, 7) is 0. The molecule has 5 nitrogen and oxygen atoms in total. The zero-order chi connectivity index (χ0) is 12.4. The van der Waals surface area contributed by atoms with Gasteiger partial charge in [0.1, 0.15) is 0 Å². The Bertz CT molecular complexity index is 659. The zero-order valence-electron chi connectivity index (χ0n) is 9.96. The number of fused-ring (bicyclic) bond motifs is 1. The number of aromatic amines is 1. The molecule has 0 unspecified atom stereocenters. The fourth-order valence-corrected chi connectivity index (χ4v) is 1.77. The number of hydrogen-bond acceptors (Lipinski definition) is 3. The predicted molar refractivity (Wildman–Crippen MR) is 72.7 cm³/mol. The van der Waals surface area contributed by atoms with Gasteiger partial charge in [-0.2, -0.15) is 5.10 Å². The van der Waals surface area contributed by atoms with E-state index in [1.165, 1.54) is 0 Å². The van der Waals surface area contributed by atoms with Gasteiger partial charge in [0, 0.05) is 13.2 Å². The number of rotatable bonds is 3. The highest BCUT2D eigenvalue weighted by Crippen LogP contribution is 2.12. The second kappa shape index (κ2) is 4.37. The number of imidazole rings is 1. The van der Waals surface area contributed by atoms with Crippen molar-refractivity contribution in [2.24, 2.45) is 12.1 Å². The highest BCUT2D eigenvalue weighted by molar-refractivity contribution is 5.79. The smallest absolute Gasteiger partial charge is 0.222 e. The van der Waals surface area contributed by atoms with Crippen LogP contribution in [0.1, 0.15) is 5.69 Å². The van der Waals surface area contributed by atoms with Crippen LogP contribution in [0.25, 0.3) is 11.0 Å². The van der Waals surface area contributed by atoms with Gasteiger partial charge in [0.25, 0.3) is 0 Å². The second-order valence-corrected chi connectivity index (χ2v) is 4.02. The minimum absolute atomic E-state index is 0.640. The lowest BCUT2D eigenvalue weighted by Gasteiger charge is -1.95. The minimum Gasteiger partial charge on any atom is -0.350 e. The first-order valence-corrected chi connectivity index (χ1v) is 5.68. The largest absolute Gasteiger partial charge is 0.350 e. The van der Waals surface area contributed by atoms with Crippen molar-refractivity contribution >= 4 is 23.2 Å². The number of aryl methyl sites for hydroxylation is 1. The van der Waals surface area contributed by atoms with Crippen LogP contribution in [0.3, 0.4) is 0 Å². The van der Waals surface area contributed by atoms with Crippen molar-refractivity contribution in [3.05, 3.63) is 48.3 Å². The van der Waals surface area contributed by atoms with Crippen LogP contribution in [0.4, 0.5) is 5.95 Å². The molecule has 5 heteroatoms. The van der Waals surface area contributed by atoms with Gasteiger partial charge in [-0.15, -0.1) is 0 Å². The van der Waals surface area contributed by atoms with Gasteiger partial charge in [0.05, 0.1) is 22.9 Å². The summed E-state index contributed by atoms with van der Waals surface area (Å²) in [5.74, 6) is 0.640. The molecule has 1 aromatic carbocycles. The molecule has 0 saturated heterocycles. The topological polar surface area (TPSA) is 58.0 Å². The fraction of sp³-hybridized carbons (Fsp3) is 0.0769. The fourth-order valence-electron chi connectivity index (χ4n) is 1.77. The third-order valence-corrected chi connectivity index (χ3v) is 2.74. The van der Waals surface area contributed by atoms with Gasteiger partial charge < -0.3 is 9.55 Å². The van der Waals surface area contributed by atoms with E-state index in [0.29, 0.717) is 5.95 Å². The van der Waals surface area contributed by atoms with Gasteiger partial charge in [-0.05, 0) is 24.3 Å². The third kappa shape index (κ3) is 1.98. The molecular weight excluding hydrogens is 226 g/mol. The van der Waals surface area contributed by atoms with E-state index in [-0.39, 0.29) is 0 Å². The van der Waals surface area contributed by atoms with E-state index in [1.54, 1.807) is 6.21 Å². The summed E-state index contributed by atoms with van der Waals surface area (Å²) >= 11 is 0. The number of aromatic nitrogens is 3. The van der Waals surface area contributed by atoms with E-state index in [1.807, 2.05) is 54.2 Å². The summed E-state index contributed by atoms with van der Waals surface area (Å²) in [7, 11) is 1.97. The van der Waals surface area contributed by atoms with Crippen LogP contribution in [0.2, 0.25) is 0 Å². The monoisotopic (exact) mass is 239 g/mol. The number of nitrogens with zero attached hydrogens (tertiary/aromatic N) is 3. The van der Waals surface area contributed by atoms with Gasteiger partial charge in [0.15, 0.2) is 0 Å². The van der Waals surface area contributed by atoms with E-state index in [2.05, 4.69) is 20.5 Å². The molecule has 0 fully saturated rings. The van der Waals surface area contributed by atoms with Crippen LogP contribution in [0.5, 0.6) is 0 Å². The van der Waals surface area contributed by atoms with Crippen LogP contribution in [0, 0.1) is 0 Å². The van der Waals surface area contributed by atoms with Crippen molar-refractivity contribution in [2.75, 3.05) is 5.43 Å². The number of benzene rings is 1. The first-order valence-electron chi connectivity index (χ1n) is 5.68. The van der Waals surface area contributed by atoms with Crippen LogP contribution in [-0.4, -0.2) is 20.7 Å². The van der Waals surface area contributed by atoms with Gasteiger partial charge in [-0.1, -0.05) is 12.1 Å². The van der Waals surface area contributed by atoms with Crippen LogP contribution in [0.15, 0.2) is 47.7 Å². The molecule has 2 N–H and O–H groups in total. The maximum atomic E-state index is 4.37. The zero-order valence-corrected chi connectivity index (χ0v) is 9.96. The molecule has 2 heterocycles. The molecule has 2 aromatic heterocycles. The number of para-hydroxylation sites is 2. The summed E-state index contributed by atoms with van der Waals surface area (Å²) in [5.41, 5.74) is 5.84. The molecule has 0 radical (unpaired) electrons. The van der Waals surface area contributed by atoms with E-state index in [9.17, 15) is 0 Å². The molecule has 0 aliphatic heterocycles. The summed E-state index contributed by atoms with van der Waals surface area (Å²) in [4.78, 5) is 7.51. The summed E-state index contributed by atoms with van der Waals surface area (Å²) in [6.07, 6.45) is 3.73. The molecule has 3 aromatic rings. The van der Waals surface area contributed by atoms with Crippen molar-refractivity contribution in [2.45, 2.75) is 0 Å². The molecular formula is C13H13N5. The Hall–Kier alpha value is -2.56. The standard InChI is InChI=1S/C13H13N5/c1-18-8-4-5-10(18)9-14-17-13-15-11-6-2-3-7-12(11)16-13/h2-9H,1H3,(H2,15,16,17)/b14-9+. The van der Waals surface area contributed by atoms with E-state index >= 15 is 0 Å². The number of anilines is 1. The molecule has 0 bridgehead atoms. The predicted octanol–water partition coefficient (Wildman–Crippen LogP) is 2.35. The molecule has 0 spiro atoms. The maximum absolute atomic E-state index is 4.37. The molecule has 3 rings (SSSR count). The maximum Gasteiger partial charge on any atom is 0.222 e. The lowest BCUT2D eigenvalue weighted by molar-refractivity contribution is 0.918. The Kier molecular flexibility index (Phi) is 2.57. The average Bonchev–Trinajstić information content (AvgIpc) is 2.96. The lowest BCUT2D eigenvalue weighted by Crippen LogP contribution is -1.96. The number of hydrogen-bond donors (Lipinski definition) is 2. The summed E-state index contributed by atoms with van der Waals surface area (Å²) < 4.78 is 1.99. The van der Waals surface area contributed by atoms with Crippen molar-refractivity contribution in [1.29, 1.82) is 0 Å². The molecule has 18 heavy (non-hydrogen) atoms. The first kappa shape index (κ1) is 10.6. The van der Waals surface area contributed by atoms with Crippen molar-refractivity contribution in [3.63, 3.8) is 0 Å². The normalized spacial score (nSPS) is 11.4.